The van der Waals surface area contributed by atoms with Crippen LogP contribution in [0.2, 0.25) is 0 Å². The summed E-state index contributed by atoms with van der Waals surface area (Å²) in [5.41, 5.74) is 2.30. The van der Waals surface area contributed by atoms with Gasteiger partial charge in [0.15, 0.2) is 0 Å². The lowest BCUT2D eigenvalue weighted by Crippen LogP contribution is -2.35. The van der Waals surface area contributed by atoms with E-state index in [2.05, 4.69) is 30.0 Å². The summed E-state index contributed by atoms with van der Waals surface area (Å²) in [5.74, 6) is 0. The lowest BCUT2D eigenvalue weighted by Gasteiger charge is -2.33. The van der Waals surface area contributed by atoms with Crippen LogP contribution in [0.5, 0.6) is 0 Å². The fraction of sp³-hybridized carbons (Fsp3) is 0.625. The van der Waals surface area contributed by atoms with Gasteiger partial charge in [-0.15, -0.1) is 0 Å². The van der Waals surface area contributed by atoms with Crippen LogP contribution in [0.1, 0.15) is 57.6 Å². The molecular formula is C16H25NO. The average molecular weight is 247 g/mol. The predicted octanol–water partition coefficient (Wildman–Crippen LogP) is 3.90. The number of aliphatic hydroxyl groups is 1. The lowest BCUT2D eigenvalue weighted by atomic mass is 10.0. The highest BCUT2D eigenvalue weighted by Crippen LogP contribution is 2.31. The first-order chi connectivity index (χ1) is 8.74. The quantitative estimate of drug-likeness (QED) is 0.875. The van der Waals surface area contributed by atoms with E-state index in [-0.39, 0.29) is 6.10 Å². The normalized spacial score (nSPS) is 22.6. The third-order valence-electron chi connectivity index (χ3n) is 4.04. The highest BCUT2D eigenvalue weighted by atomic mass is 16.3. The van der Waals surface area contributed by atoms with Crippen molar-refractivity contribution < 1.29 is 5.11 Å². The fourth-order valence-corrected chi connectivity index (χ4v) is 3.02. The molecular weight excluding hydrogens is 222 g/mol. The summed E-state index contributed by atoms with van der Waals surface area (Å²) in [5, 5.41) is 9.94. The molecule has 0 bridgehead atoms. The Labute approximate surface area is 111 Å². The predicted molar refractivity (Wildman–Crippen MR) is 77.0 cm³/mol. The zero-order chi connectivity index (χ0) is 13.0. The van der Waals surface area contributed by atoms with Crippen LogP contribution in [0.4, 0.5) is 5.69 Å². The highest BCUT2D eigenvalue weighted by Gasteiger charge is 2.22. The van der Waals surface area contributed by atoms with Crippen molar-refractivity contribution in [3.05, 3.63) is 29.8 Å². The van der Waals surface area contributed by atoms with Crippen LogP contribution >= 0.6 is 0 Å². The zero-order valence-corrected chi connectivity index (χ0v) is 11.6. The topological polar surface area (TPSA) is 23.5 Å². The second-order valence-corrected chi connectivity index (χ2v) is 5.34. The maximum Gasteiger partial charge on any atom is 0.0781 e. The largest absolute Gasteiger partial charge is 0.389 e. The smallest absolute Gasteiger partial charge is 0.0781 e. The summed E-state index contributed by atoms with van der Waals surface area (Å²) in [6.07, 6.45) is 6.03. The fourth-order valence-electron chi connectivity index (χ4n) is 3.02. The zero-order valence-electron chi connectivity index (χ0n) is 11.6. The van der Waals surface area contributed by atoms with E-state index in [0.717, 1.165) is 12.1 Å². The molecule has 2 heteroatoms. The average Bonchev–Trinajstić information content (AvgIpc) is 2.63. The Kier molecular flexibility index (Phi) is 4.65. The van der Waals surface area contributed by atoms with E-state index in [0.29, 0.717) is 6.04 Å². The van der Waals surface area contributed by atoms with E-state index >= 15 is 0 Å². The molecule has 1 fully saturated rings. The number of nitrogens with zero attached hydrogens (tertiary/aromatic N) is 1. The molecule has 0 spiro atoms. The Balaban J connectivity index is 2.32. The van der Waals surface area contributed by atoms with Gasteiger partial charge in [0.1, 0.15) is 0 Å². The van der Waals surface area contributed by atoms with Gasteiger partial charge in [-0.25, -0.2) is 0 Å². The Hall–Kier alpha value is -1.02. The van der Waals surface area contributed by atoms with Crippen molar-refractivity contribution in [1.29, 1.82) is 0 Å². The molecule has 0 aliphatic carbocycles. The summed E-state index contributed by atoms with van der Waals surface area (Å²) < 4.78 is 0. The van der Waals surface area contributed by atoms with Gasteiger partial charge in [-0.2, -0.15) is 0 Å². The van der Waals surface area contributed by atoms with E-state index in [1.165, 1.54) is 37.8 Å². The van der Waals surface area contributed by atoms with Gasteiger partial charge in [-0.3, -0.25) is 0 Å². The first-order valence-corrected chi connectivity index (χ1v) is 7.27. The molecule has 1 saturated heterocycles. The molecule has 0 amide bonds. The van der Waals surface area contributed by atoms with Crippen LogP contribution in [0.3, 0.4) is 0 Å². The molecule has 2 nitrogen and oxygen atoms in total. The number of aliphatic hydroxyl groups excluding tert-OH is 1. The van der Waals surface area contributed by atoms with Crippen molar-refractivity contribution >= 4 is 5.69 Å². The van der Waals surface area contributed by atoms with Crippen molar-refractivity contribution in [2.24, 2.45) is 0 Å². The minimum atomic E-state index is -0.387. The van der Waals surface area contributed by atoms with Crippen LogP contribution in [0, 0.1) is 0 Å². The summed E-state index contributed by atoms with van der Waals surface area (Å²) >= 11 is 0. The van der Waals surface area contributed by atoms with E-state index in [9.17, 15) is 5.11 Å². The van der Waals surface area contributed by atoms with Crippen molar-refractivity contribution in [3.63, 3.8) is 0 Å². The highest BCUT2D eigenvalue weighted by molar-refractivity contribution is 5.55. The number of rotatable bonds is 3. The van der Waals surface area contributed by atoms with Gasteiger partial charge >= 0.3 is 0 Å². The van der Waals surface area contributed by atoms with Crippen LogP contribution in [-0.4, -0.2) is 17.7 Å². The SMILES string of the molecule is CCC1CCCCCN1c1ccccc1C(C)O. The van der Waals surface area contributed by atoms with Crippen LogP contribution in [-0.2, 0) is 0 Å². The second kappa shape index (κ2) is 6.24. The molecule has 1 aliphatic heterocycles. The number of anilines is 1. The molecule has 0 aromatic heterocycles. The van der Waals surface area contributed by atoms with E-state index in [1.807, 2.05) is 13.0 Å². The summed E-state index contributed by atoms with van der Waals surface area (Å²) in [4.78, 5) is 2.52. The molecule has 0 radical (unpaired) electrons. The van der Waals surface area contributed by atoms with Crippen molar-refractivity contribution in [3.8, 4) is 0 Å². The molecule has 1 aliphatic rings. The molecule has 1 N–H and O–H groups in total. The maximum atomic E-state index is 9.94. The number of para-hydroxylation sites is 1. The number of hydrogen-bond acceptors (Lipinski definition) is 2. The second-order valence-electron chi connectivity index (χ2n) is 5.34. The van der Waals surface area contributed by atoms with Crippen LogP contribution in [0.25, 0.3) is 0 Å². The number of hydrogen-bond donors (Lipinski definition) is 1. The third-order valence-corrected chi connectivity index (χ3v) is 4.04. The molecule has 1 aromatic rings. The minimum absolute atomic E-state index is 0.387. The van der Waals surface area contributed by atoms with Gasteiger partial charge in [0.2, 0.25) is 0 Å². The van der Waals surface area contributed by atoms with Gasteiger partial charge in [0, 0.05) is 23.8 Å². The Morgan fingerprint density at radius 2 is 2.06 bits per heavy atom. The Bertz CT molecular complexity index is 375. The molecule has 18 heavy (non-hydrogen) atoms. The van der Waals surface area contributed by atoms with E-state index < -0.39 is 0 Å². The molecule has 1 heterocycles. The monoisotopic (exact) mass is 247 g/mol. The van der Waals surface area contributed by atoms with Crippen molar-refractivity contribution in [1.82, 2.24) is 0 Å². The van der Waals surface area contributed by atoms with Crippen molar-refractivity contribution in [2.45, 2.75) is 58.1 Å². The first-order valence-electron chi connectivity index (χ1n) is 7.27. The summed E-state index contributed by atoms with van der Waals surface area (Å²) in [6.45, 7) is 5.26. The summed E-state index contributed by atoms with van der Waals surface area (Å²) in [6, 6.07) is 8.95. The van der Waals surface area contributed by atoms with Crippen LogP contribution in [0.15, 0.2) is 24.3 Å². The van der Waals surface area contributed by atoms with Gasteiger partial charge in [0.05, 0.1) is 6.10 Å². The van der Waals surface area contributed by atoms with Gasteiger partial charge < -0.3 is 10.0 Å². The van der Waals surface area contributed by atoms with E-state index in [4.69, 9.17) is 0 Å². The molecule has 2 unspecified atom stereocenters. The van der Waals surface area contributed by atoms with Gasteiger partial charge in [0.25, 0.3) is 0 Å². The van der Waals surface area contributed by atoms with Crippen LogP contribution < -0.4 is 4.90 Å². The standard InChI is InChI=1S/C16H25NO/c1-3-14-9-5-4-8-12-17(14)16-11-7-6-10-15(16)13(2)18/h6-7,10-11,13-14,18H,3-5,8-9,12H2,1-2H3. The maximum absolute atomic E-state index is 9.94. The minimum Gasteiger partial charge on any atom is -0.389 e. The van der Waals surface area contributed by atoms with Gasteiger partial charge in [-0.1, -0.05) is 38.0 Å². The molecule has 2 atom stereocenters. The lowest BCUT2D eigenvalue weighted by molar-refractivity contribution is 0.199. The molecule has 1 aromatic carbocycles. The van der Waals surface area contributed by atoms with Gasteiger partial charge in [-0.05, 0) is 32.3 Å². The molecule has 0 saturated carbocycles. The molecule has 2 rings (SSSR count). The Morgan fingerprint density at radius 3 is 2.78 bits per heavy atom. The molecule has 100 valence electrons. The summed E-state index contributed by atoms with van der Waals surface area (Å²) in [7, 11) is 0. The number of benzene rings is 1. The first kappa shape index (κ1) is 13.4. The van der Waals surface area contributed by atoms with E-state index in [1.54, 1.807) is 0 Å². The van der Waals surface area contributed by atoms with Crippen molar-refractivity contribution in [2.75, 3.05) is 11.4 Å². The third kappa shape index (κ3) is 2.86. The Morgan fingerprint density at radius 1 is 1.28 bits per heavy atom.